The van der Waals surface area contributed by atoms with Gasteiger partial charge in [-0.1, -0.05) is 70.5 Å². The van der Waals surface area contributed by atoms with Crippen LogP contribution in [0.4, 0.5) is 0 Å². The highest BCUT2D eigenvalue weighted by Crippen LogP contribution is 2.18. The van der Waals surface area contributed by atoms with Gasteiger partial charge in [0.1, 0.15) is 0 Å². The topological polar surface area (TPSA) is 17.1 Å². The van der Waals surface area contributed by atoms with Crippen molar-refractivity contribution in [3.63, 3.8) is 0 Å². The SMILES string of the molecule is CC(=O)c1ccc(/C=C/c2ccccc2Br)cc1. The maximum atomic E-state index is 11.2. The average molecular weight is 301 g/mol. The van der Waals surface area contributed by atoms with E-state index in [-0.39, 0.29) is 5.78 Å². The number of halogens is 1. The van der Waals surface area contributed by atoms with Gasteiger partial charge in [-0.2, -0.15) is 0 Å². The first-order valence-corrected chi connectivity index (χ1v) is 6.50. The molecule has 90 valence electrons. The molecule has 0 amide bonds. The first-order valence-electron chi connectivity index (χ1n) is 5.70. The summed E-state index contributed by atoms with van der Waals surface area (Å²) >= 11 is 3.50. The van der Waals surface area contributed by atoms with E-state index in [0.717, 1.165) is 21.2 Å². The molecule has 0 bridgehead atoms. The lowest BCUT2D eigenvalue weighted by Crippen LogP contribution is -1.90. The third-order valence-electron chi connectivity index (χ3n) is 2.68. The number of Topliss-reactive ketones (excluding diaryl/α,β-unsaturated/α-hetero) is 1. The van der Waals surface area contributed by atoms with Crippen LogP contribution in [-0.2, 0) is 0 Å². The summed E-state index contributed by atoms with van der Waals surface area (Å²) in [5, 5.41) is 0. The fraction of sp³-hybridized carbons (Fsp3) is 0.0625. The number of carbonyl (C=O) groups is 1. The van der Waals surface area contributed by atoms with Crippen molar-refractivity contribution >= 4 is 33.9 Å². The van der Waals surface area contributed by atoms with E-state index < -0.39 is 0 Å². The van der Waals surface area contributed by atoms with Gasteiger partial charge in [0.15, 0.2) is 5.78 Å². The van der Waals surface area contributed by atoms with Crippen molar-refractivity contribution in [3.8, 4) is 0 Å². The van der Waals surface area contributed by atoms with Gasteiger partial charge in [0.05, 0.1) is 0 Å². The number of benzene rings is 2. The molecule has 2 aromatic carbocycles. The Kier molecular flexibility index (Phi) is 4.11. The minimum Gasteiger partial charge on any atom is -0.295 e. The van der Waals surface area contributed by atoms with Gasteiger partial charge in [0.2, 0.25) is 0 Å². The predicted octanol–water partition coefficient (Wildman–Crippen LogP) is 4.82. The van der Waals surface area contributed by atoms with E-state index in [0.29, 0.717) is 0 Å². The maximum Gasteiger partial charge on any atom is 0.159 e. The van der Waals surface area contributed by atoms with Crippen molar-refractivity contribution in [2.45, 2.75) is 6.92 Å². The summed E-state index contributed by atoms with van der Waals surface area (Å²) in [5.41, 5.74) is 2.96. The molecule has 2 aromatic rings. The molecule has 2 heteroatoms. The molecule has 0 N–H and O–H groups in total. The smallest absolute Gasteiger partial charge is 0.159 e. The minimum absolute atomic E-state index is 0.0938. The van der Waals surface area contributed by atoms with Crippen molar-refractivity contribution in [1.82, 2.24) is 0 Å². The van der Waals surface area contributed by atoms with E-state index in [2.05, 4.69) is 15.9 Å². The molecular formula is C16H13BrO. The summed E-state index contributed by atoms with van der Waals surface area (Å²) < 4.78 is 1.07. The van der Waals surface area contributed by atoms with Crippen LogP contribution in [0.15, 0.2) is 53.0 Å². The van der Waals surface area contributed by atoms with Crippen molar-refractivity contribution in [2.75, 3.05) is 0 Å². The molecule has 0 aliphatic heterocycles. The van der Waals surface area contributed by atoms with E-state index in [9.17, 15) is 4.79 Å². The zero-order valence-corrected chi connectivity index (χ0v) is 11.6. The Hall–Kier alpha value is -1.67. The Bertz CT molecular complexity index is 582. The second-order valence-electron chi connectivity index (χ2n) is 4.03. The lowest BCUT2D eigenvalue weighted by Gasteiger charge is -1.99. The molecule has 0 heterocycles. The standard InChI is InChI=1S/C16H13BrO/c1-12(18)14-9-6-13(7-10-14)8-11-15-4-2-3-5-16(15)17/h2-11H,1H3/b11-8+. The molecule has 0 radical (unpaired) electrons. The second-order valence-corrected chi connectivity index (χ2v) is 4.89. The molecule has 0 aromatic heterocycles. The number of rotatable bonds is 3. The highest BCUT2D eigenvalue weighted by Gasteiger charge is 1.97. The van der Waals surface area contributed by atoms with Crippen LogP contribution >= 0.6 is 15.9 Å². The van der Waals surface area contributed by atoms with E-state index in [1.165, 1.54) is 0 Å². The van der Waals surface area contributed by atoms with E-state index in [1.807, 2.05) is 60.7 Å². The third-order valence-corrected chi connectivity index (χ3v) is 3.40. The number of carbonyl (C=O) groups excluding carboxylic acids is 1. The average Bonchev–Trinajstić information content (AvgIpc) is 2.38. The fourth-order valence-corrected chi connectivity index (χ4v) is 2.04. The third kappa shape index (κ3) is 3.17. The fourth-order valence-electron chi connectivity index (χ4n) is 1.63. The van der Waals surface area contributed by atoms with Gasteiger partial charge in [-0.3, -0.25) is 4.79 Å². The zero-order valence-electron chi connectivity index (χ0n) is 10.1. The van der Waals surface area contributed by atoms with Gasteiger partial charge >= 0.3 is 0 Å². The quantitative estimate of drug-likeness (QED) is 0.586. The second kappa shape index (κ2) is 5.78. The van der Waals surface area contributed by atoms with Gasteiger partial charge < -0.3 is 0 Å². The molecule has 0 aliphatic rings. The Morgan fingerprint density at radius 2 is 1.67 bits per heavy atom. The Morgan fingerprint density at radius 1 is 1.00 bits per heavy atom. The van der Waals surface area contributed by atoms with Crippen LogP contribution in [-0.4, -0.2) is 5.78 Å². The van der Waals surface area contributed by atoms with E-state index in [1.54, 1.807) is 6.92 Å². The zero-order chi connectivity index (χ0) is 13.0. The molecule has 1 nitrogen and oxygen atoms in total. The van der Waals surface area contributed by atoms with Gasteiger partial charge in [-0.15, -0.1) is 0 Å². The summed E-state index contributed by atoms with van der Waals surface area (Å²) in [6.45, 7) is 1.58. The van der Waals surface area contributed by atoms with Crippen LogP contribution in [0.2, 0.25) is 0 Å². The number of hydrogen-bond acceptors (Lipinski definition) is 1. The maximum absolute atomic E-state index is 11.2. The van der Waals surface area contributed by atoms with Crippen molar-refractivity contribution in [3.05, 3.63) is 69.7 Å². The van der Waals surface area contributed by atoms with Crippen LogP contribution in [0.5, 0.6) is 0 Å². The number of hydrogen-bond donors (Lipinski definition) is 0. The molecular weight excluding hydrogens is 288 g/mol. The van der Waals surface area contributed by atoms with Crippen LogP contribution in [0, 0.1) is 0 Å². The molecule has 0 spiro atoms. The molecule has 0 atom stereocenters. The van der Waals surface area contributed by atoms with Crippen molar-refractivity contribution in [2.24, 2.45) is 0 Å². The molecule has 0 fully saturated rings. The summed E-state index contributed by atoms with van der Waals surface area (Å²) in [7, 11) is 0. The molecule has 2 rings (SSSR count). The predicted molar refractivity (Wildman–Crippen MR) is 79.5 cm³/mol. The lowest BCUT2D eigenvalue weighted by atomic mass is 10.1. The lowest BCUT2D eigenvalue weighted by molar-refractivity contribution is 0.101. The van der Waals surface area contributed by atoms with Gasteiger partial charge in [0, 0.05) is 10.0 Å². The van der Waals surface area contributed by atoms with Crippen molar-refractivity contribution in [1.29, 1.82) is 0 Å². The molecule has 0 saturated carbocycles. The van der Waals surface area contributed by atoms with Crippen LogP contribution < -0.4 is 0 Å². The molecule has 0 unspecified atom stereocenters. The monoisotopic (exact) mass is 300 g/mol. The molecule has 0 aliphatic carbocycles. The van der Waals surface area contributed by atoms with Gasteiger partial charge in [0.25, 0.3) is 0 Å². The van der Waals surface area contributed by atoms with Crippen LogP contribution in [0.3, 0.4) is 0 Å². The van der Waals surface area contributed by atoms with Crippen LogP contribution in [0.25, 0.3) is 12.2 Å². The Labute approximate surface area is 115 Å². The first-order chi connectivity index (χ1) is 8.66. The Morgan fingerprint density at radius 3 is 2.28 bits per heavy atom. The summed E-state index contributed by atoms with van der Waals surface area (Å²) in [4.78, 5) is 11.2. The van der Waals surface area contributed by atoms with E-state index in [4.69, 9.17) is 0 Å². The largest absolute Gasteiger partial charge is 0.295 e. The summed E-state index contributed by atoms with van der Waals surface area (Å²) in [6, 6.07) is 15.6. The normalized spacial score (nSPS) is 10.8. The number of ketones is 1. The van der Waals surface area contributed by atoms with Gasteiger partial charge in [-0.25, -0.2) is 0 Å². The first kappa shape index (κ1) is 12.8. The molecule has 18 heavy (non-hydrogen) atoms. The highest BCUT2D eigenvalue weighted by molar-refractivity contribution is 9.10. The van der Waals surface area contributed by atoms with Crippen molar-refractivity contribution < 1.29 is 4.79 Å². The minimum atomic E-state index is 0.0938. The Balaban J connectivity index is 2.19. The van der Waals surface area contributed by atoms with E-state index >= 15 is 0 Å². The van der Waals surface area contributed by atoms with Crippen LogP contribution in [0.1, 0.15) is 28.4 Å². The van der Waals surface area contributed by atoms with Gasteiger partial charge in [-0.05, 0) is 24.1 Å². The highest BCUT2D eigenvalue weighted by atomic mass is 79.9. The summed E-state index contributed by atoms with van der Waals surface area (Å²) in [6.07, 6.45) is 4.08. The molecule has 0 saturated heterocycles. The summed E-state index contributed by atoms with van der Waals surface area (Å²) in [5.74, 6) is 0.0938.